The fourth-order valence-electron chi connectivity index (χ4n) is 5.29. The Morgan fingerprint density at radius 3 is 2.40 bits per heavy atom. The van der Waals surface area contributed by atoms with Crippen molar-refractivity contribution in [2.75, 3.05) is 53.5 Å². The number of amides is 1. The largest absolute Gasteiger partial charge is 0.494 e. The third-order valence-corrected chi connectivity index (χ3v) is 7.78. The summed E-state index contributed by atoms with van der Waals surface area (Å²) in [6.07, 6.45) is 0. The number of aromatic hydroxyl groups is 1. The molecule has 0 aliphatic carbocycles. The number of hydrogen-bond acceptors (Lipinski definition) is 8. The lowest BCUT2D eigenvalue weighted by Crippen LogP contribution is -2.45. The normalized spacial score (nSPS) is 14.7. The molecule has 1 fully saturated rings. The van der Waals surface area contributed by atoms with Gasteiger partial charge in [0.15, 0.2) is 5.88 Å². The Morgan fingerprint density at radius 1 is 0.977 bits per heavy atom. The zero-order chi connectivity index (χ0) is 30.5. The van der Waals surface area contributed by atoms with Crippen molar-refractivity contribution in [2.24, 2.45) is 4.99 Å². The predicted molar refractivity (Wildman–Crippen MR) is 166 cm³/mol. The van der Waals surface area contributed by atoms with Gasteiger partial charge in [0.25, 0.3) is 5.91 Å². The lowest BCUT2D eigenvalue weighted by molar-refractivity contribution is 0.0177. The number of esters is 1. The highest BCUT2D eigenvalue weighted by molar-refractivity contribution is 6.22. The van der Waals surface area contributed by atoms with Gasteiger partial charge in [-0.1, -0.05) is 30.3 Å². The second kappa shape index (κ2) is 13.2. The molecule has 0 unspecified atom stereocenters. The van der Waals surface area contributed by atoms with Crippen LogP contribution >= 0.6 is 0 Å². The molecule has 1 aliphatic heterocycles. The minimum atomic E-state index is -0.452. The smallest absolute Gasteiger partial charge is 0.338 e. The second-order valence-corrected chi connectivity index (χ2v) is 10.8. The quantitative estimate of drug-likeness (QED) is 0.116. The summed E-state index contributed by atoms with van der Waals surface area (Å²) < 4.78 is 4.91. The van der Waals surface area contributed by atoms with E-state index in [-0.39, 0.29) is 11.8 Å². The summed E-state index contributed by atoms with van der Waals surface area (Å²) >= 11 is 0. The van der Waals surface area contributed by atoms with Crippen LogP contribution in [-0.2, 0) is 9.57 Å². The van der Waals surface area contributed by atoms with Crippen LogP contribution in [-0.4, -0.2) is 91.0 Å². The molecule has 3 N–H and O–H groups in total. The Kier molecular flexibility index (Phi) is 9.20. The Labute approximate surface area is 250 Å². The van der Waals surface area contributed by atoms with Crippen molar-refractivity contribution >= 4 is 34.2 Å². The maximum atomic E-state index is 12.9. The van der Waals surface area contributed by atoms with E-state index in [0.717, 1.165) is 43.9 Å². The molecule has 4 aromatic rings. The molecule has 10 nitrogen and oxygen atoms in total. The molecular weight excluding hydrogens is 546 g/mol. The summed E-state index contributed by atoms with van der Waals surface area (Å²) in [6.45, 7) is 8.88. The number of ether oxygens (including phenoxy) is 1. The number of fused-ring (bicyclic) bond motifs is 1. The number of aromatic amines is 1. The summed E-state index contributed by atoms with van der Waals surface area (Å²) in [5.74, 6) is -0.840. The standard InChI is InChI=1S/C33H37N5O5/c1-21-18-24(10-11-25(21)31(39)36-43-17-16-38-14-12-37(3)13-15-38)34-30(23-8-6-5-7-9-23)29-27-19-22(2)26(33(41)42-4)20-28(27)35-32(29)40/h5-11,18-20,35,40H,12-17H2,1-4H3,(H,36,39). The molecule has 0 atom stereocenters. The van der Waals surface area contributed by atoms with E-state index in [2.05, 4.69) is 27.3 Å². The minimum absolute atomic E-state index is 0.0690. The van der Waals surface area contributed by atoms with Gasteiger partial charge in [-0.15, -0.1) is 0 Å². The van der Waals surface area contributed by atoms with Gasteiger partial charge in [0, 0.05) is 54.8 Å². The highest BCUT2D eigenvalue weighted by atomic mass is 16.7. The van der Waals surface area contributed by atoms with Gasteiger partial charge in [0.1, 0.15) is 0 Å². The number of rotatable bonds is 9. The van der Waals surface area contributed by atoms with Crippen molar-refractivity contribution in [3.8, 4) is 5.88 Å². The van der Waals surface area contributed by atoms with Gasteiger partial charge in [-0.3, -0.25) is 14.5 Å². The van der Waals surface area contributed by atoms with Gasteiger partial charge >= 0.3 is 5.97 Å². The molecule has 5 rings (SSSR count). The third kappa shape index (κ3) is 6.77. The number of carbonyl (C=O) groups excluding carboxylic acids is 2. The first kappa shape index (κ1) is 30.0. The molecule has 3 aromatic carbocycles. The summed E-state index contributed by atoms with van der Waals surface area (Å²) in [5, 5.41) is 11.8. The number of likely N-dealkylation sites (N-methyl/N-ethyl adjacent to an activating group) is 1. The Bertz CT molecular complexity index is 1660. The van der Waals surface area contributed by atoms with E-state index in [1.54, 1.807) is 18.2 Å². The second-order valence-electron chi connectivity index (χ2n) is 10.8. The highest BCUT2D eigenvalue weighted by Gasteiger charge is 2.22. The molecule has 224 valence electrons. The van der Waals surface area contributed by atoms with E-state index < -0.39 is 5.97 Å². The number of methoxy groups -OCH3 is 1. The van der Waals surface area contributed by atoms with Gasteiger partial charge < -0.3 is 19.7 Å². The fourth-order valence-corrected chi connectivity index (χ4v) is 5.29. The van der Waals surface area contributed by atoms with Crippen molar-refractivity contribution in [2.45, 2.75) is 13.8 Å². The maximum absolute atomic E-state index is 12.9. The van der Waals surface area contributed by atoms with E-state index in [0.29, 0.717) is 51.2 Å². The summed E-state index contributed by atoms with van der Waals surface area (Å²) in [6, 6.07) is 18.4. The molecule has 0 saturated carbocycles. The third-order valence-electron chi connectivity index (χ3n) is 7.78. The van der Waals surface area contributed by atoms with Gasteiger partial charge in [-0.25, -0.2) is 15.3 Å². The van der Waals surface area contributed by atoms with E-state index in [1.165, 1.54) is 7.11 Å². The van der Waals surface area contributed by atoms with Gasteiger partial charge in [-0.05, 0) is 62.4 Å². The fraction of sp³-hybridized carbons (Fsp3) is 0.303. The predicted octanol–water partition coefficient (Wildman–Crippen LogP) is 4.35. The summed E-state index contributed by atoms with van der Waals surface area (Å²) in [7, 11) is 3.45. The molecule has 1 saturated heterocycles. The number of nitrogens with zero attached hydrogens (tertiary/aromatic N) is 3. The van der Waals surface area contributed by atoms with E-state index >= 15 is 0 Å². The van der Waals surface area contributed by atoms with E-state index in [1.807, 2.05) is 56.3 Å². The lowest BCUT2D eigenvalue weighted by Gasteiger charge is -2.32. The van der Waals surface area contributed by atoms with Crippen molar-refractivity contribution < 1.29 is 24.3 Å². The zero-order valence-electron chi connectivity index (χ0n) is 24.9. The van der Waals surface area contributed by atoms with Crippen molar-refractivity contribution in [3.63, 3.8) is 0 Å². The molecule has 1 aliphatic rings. The number of benzene rings is 3. The van der Waals surface area contributed by atoms with E-state index in [4.69, 9.17) is 14.6 Å². The minimum Gasteiger partial charge on any atom is -0.494 e. The van der Waals surface area contributed by atoms with Crippen molar-refractivity contribution in [3.05, 3.63) is 94.0 Å². The van der Waals surface area contributed by atoms with Crippen molar-refractivity contribution in [1.29, 1.82) is 0 Å². The number of aryl methyl sites for hydroxylation is 2. The molecule has 10 heteroatoms. The zero-order valence-corrected chi connectivity index (χ0v) is 24.9. The average Bonchev–Trinajstić information content (AvgIpc) is 3.32. The molecule has 0 spiro atoms. The first-order chi connectivity index (χ1) is 20.7. The Morgan fingerprint density at radius 2 is 1.70 bits per heavy atom. The molecule has 1 aromatic heterocycles. The van der Waals surface area contributed by atoms with Crippen LogP contribution in [0.1, 0.15) is 43.0 Å². The Hall–Kier alpha value is -4.51. The van der Waals surface area contributed by atoms with Crippen LogP contribution in [0.5, 0.6) is 5.88 Å². The van der Waals surface area contributed by atoms with Crippen LogP contribution in [0.3, 0.4) is 0 Å². The van der Waals surface area contributed by atoms with Gasteiger partial charge in [0.2, 0.25) is 0 Å². The number of carbonyl (C=O) groups is 2. The van der Waals surface area contributed by atoms with Crippen LogP contribution in [0.4, 0.5) is 5.69 Å². The monoisotopic (exact) mass is 583 g/mol. The number of aromatic nitrogens is 1. The molecule has 1 amide bonds. The first-order valence-electron chi connectivity index (χ1n) is 14.3. The van der Waals surface area contributed by atoms with Crippen LogP contribution in [0.2, 0.25) is 0 Å². The number of aliphatic imine (C=N–C) groups is 1. The number of nitrogens with one attached hydrogen (secondary N) is 2. The number of hydroxylamine groups is 1. The van der Waals surface area contributed by atoms with Crippen molar-refractivity contribution in [1.82, 2.24) is 20.3 Å². The maximum Gasteiger partial charge on any atom is 0.338 e. The van der Waals surface area contributed by atoms with Crippen LogP contribution in [0.15, 0.2) is 65.7 Å². The summed E-state index contributed by atoms with van der Waals surface area (Å²) in [5.41, 5.74) is 7.94. The van der Waals surface area contributed by atoms with E-state index in [9.17, 15) is 14.7 Å². The van der Waals surface area contributed by atoms with Gasteiger partial charge in [-0.2, -0.15) is 0 Å². The summed E-state index contributed by atoms with van der Waals surface area (Å²) in [4.78, 5) is 43.2. The van der Waals surface area contributed by atoms with Gasteiger partial charge in [0.05, 0.1) is 36.2 Å². The topological polar surface area (TPSA) is 119 Å². The molecule has 0 radical (unpaired) electrons. The Balaban J connectivity index is 1.40. The molecular formula is C33H37N5O5. The number of hydrogen-bond donors (Lipinski definition) is 3. The SMILES string of the molecule is COC(=O)c1cc2[nH]c(O)c(C(=Nc3ccc(C(=O)NOCCN4CCN(C)CC4)c(C)c3)c3ccccc3)c2cc1C. The molecule has 0 bridgehead atoms. The number of piperazine rings is 1. The molecule has 2 heterocycles. The average molecular weight is 584 g/mol. The van der Waals surface area contributed by atoms with Crippen LogP contribution in [0.25, 0.3) is 10.9 Å². The van der Waals surface area contributed by atoms with Crippen LogP contribution in [0, 0.1) is 13.8 Å². The van der Waals surface area contributed by atoms with Crippen LogP contribution < -0.4 is 5.48 Å². The first-order valence-corrected chi connectivity index (χ1v) is 14.3. The number of H-pyrrole nitrogens is 1. The molecule has 43 heavy (non-hydrogen) atoms. The lowest BCUT2D eigenvalue weighted by atomic mass is 9.98. The highest BCUT2D eigenvalue weighted by Crippen LogP contribution is 2.33.